The molecule has 172 valence electrons. The van der Waals surface area contributed by atoms with Gasteiger partial charge in [0.05, 0.1) is 4.90 Å². The van der Waals surface area contributed by atoms with Gasteiger partial charge in [-0.25, -0.2) is 12.8 Å². The number of hydrogen-bond acceptors (Lipinski definition) is 5. The quantitative estimate of drug-likeness (QED) is 0.535. The van der Waals surface area contributed by atoms with E-state index in [2.05, 4.69) is 10.0 Å². The van der Waals surface area contributed by atoms with Crippen molar-refractivity contribution in [3.63, 3.8) is 0 Å². The van der Waals surface area contributed by atoms with E-state index in [-0.39, 0.29) is 23.0 Å². The standard InChI is InChI=1S/C24H23FN2O5S/c1-24(2)14-16-4-3-5-21(23(16)32-24)31-15-22(28)26-18-8-10-19(11-9-18)27-33(29,30)20-12-6-17(25)7-13-20/h3-13,27H,14-15H2,1-2H3,(H,26,28). The van der Waals surface area contributed by atoms with Crippen LogP contribution in [0.5, 0.6) is 11.5 Å². The van der Waals surface area contributed by atoms with Crippen molar-refractivity contribution in [2.45, 2.75) is 30.8 Å². The summed E-state index contributed by atoms with van der Waals surface area (Å²) in [4.78, 5) is 12.3. The first-order valence-electron chi connectivity index (χ1n) is 10.2. The summed E-state index contributed by atoms with van der Waals surface area (Å²) in [6.07, 6.45) is 0.767. The van der Waals surface area contributed by atoms with Crippen LogP contribution in [0.1, 0.15) is 19.4 Å². The van der Waals surface area contributed by atoms with Crippen molar-refractivity contribution in [3.05, 3.63) is 78.1 Å². The molecule has 2 N–H and O–H groups in total. The lowest BCUT2D eigenvalue weighted by molar-refractivity contribution is -0.118. The fourth-order valence-corrected chi connectivity index (χ4v) is 4.55. The zero-order valence-corrected chi connectivity index (χ0v) is 18.9. The smallest absolute Gasteiger partial charge is 0.262 e. The normalized spacial score (nSPS) is 14.2. The lowest BCUT2D eigenvalue weighted by atomic mass is 10.0. The number of fused-ring (bicyclic) bond motifs is 1. The molecule has 0 bridgehead atoms. The summed E-state index contributed by atoms with van der Waals surface area (Å²) < 4.78 is 51.8. The Morgan fingerprint density at radius 1 is 1.03 bits per heavy atom. The van der Waals surface area contributed by atoms with Crippen molar-refractivity contribution in [1.29, 1.82) is 0 Å². The SMILES string of the molecule is CC1(C)Cc2cccc(OCC(=O)Nc3ccc(NS(=O)(=O)c4ccc(F)cc4)cc3)c2O1. The van der Waals surface area contributed by atoms with Crippen molar-refractivity contribution in [1.82, 2.24) is 0 Å². The zero-order chi connectivity index (χ0) is 23.6. The van der Waals surface area contributed by atoms with Crippen LogP contribution in [-0.2, 0) is 21.2 Å². The molecule has 0 saturated carbocycles. The van der Waals surface area contributed by atoms with E-state index in [9.17, 15) is 17.6 Å². The minimum atomic E-state index is -3.85. The number of halogens is 1. The summed E-state index contributed by atoms with van der Waals surface area (Å²) in [6, 6.07) is 16.3. The van der Waals surface area contributed by atoms with E-state index in [0.29, 0.717) is 22.9 Å². The van der Waals surface area contributed by atoms with Crippen molar-refractivity contribution >= 4 is 27.3 Å². The van der Waals surface area contributed by atoms with Crippen LogP contribution >= 0.6 is 0 Å². The summed E-state index contributed by atoms with van der Waals surface area (Å²) in [7, 11) is -3.85. The average molecular weight is 471 g/mol. The number of rotatable bonds is 7. The fraction of sp³-hybridized carbons (Fsp3) is 0.208. The van der Waals surface area contributed by atoms with Gasteiger partial charge in [-0.1, -0.05) is 12.1 Å². The first-order valence-corrected chi connectivity index (χ1v) is 11.7. The molecule has 9 heteroatoms. The second kappa shape index (κ2) is 8.74. The van der Waals surface area contributed by atoms with Gasteiger partial charge in [0.25, 0.3) is 15.9 Å². The molecule has 1 amide bonds. The van der Waals surface area contributed by atoms with E-state index < -0.39 is 15.8 Å². The van der Waals surface area contributed by atoms with E-state index >= 15 is 0 Å². The van der Waals surface area contributed by atoms with Gasteiger partial charge >= 0.3 is 0 Å². The van der Waals surface area contributed by atoms with Gasteiger partial charge in [-0.15, -0.1) is 0 Å². The van der Waals surface area contributed by atoms with E-state index in [1.165, 1.54) is 24.3 Å². The lowest BCUT2D eigenvalue weighted by Crippen LogP contribution is -2.25. The molecule has 7 nitrogen and oxygen atoms in total. The Hall–Kier alpha value is -3.59. The molecule has 0 radical (unpaired) electrons. The number of sulfonamides is 1. The molecule has 0 atom stereocenters. The highest BCUT2D eigenvalue weighted by Gasteiger charge is 2.32. The Bertz CT molecular complexity index is 1270. The highest BCUT2D eigenvalue weighted by Crippen LogP contribution is 2.41. The van der Waals surface area contributed by atoms with Crippen LogP contribution in [0.15, 0.2) is 71.6 Å². The Kier molecular flexibility index (Phi) is 5.99. The number of para-hydroxylation sites is 1. The summed E-state index contributed by atoms with van der Waals surface area (Å²) in [5.41, 5.74) is 1.50. The van der Waals surface area contributed by atoms with E-state index in [0.717, 1.165) is 24.1 Å². The van der Waals surface area contributed by atoms with Crippen molar-refractivity contribution in [2.24, 2.45) is 0 Å². The first kappa shape index (κ1) is 22.6. The van der Waals surface area contributed by atoms with Crippen LogP contribution in [0.4, 0.5) is 15.8 Å². The Morgan fingerprint density at radius 2 is 1.70 bits per heavy atom. The molecule has 1 aliphatic rings. The molecule has 0 spiro atoms. The molecular formula is C24H23FN2O5S. The van der Waals surface area contributed by atoms with Crippen molar-refractivity contribution < 1.29 is 27.1 Å². The molecular weight excluding hydrogens is 447 g/mol. The third-order valence-electron chi connectivity index (χ3n) is 4.96. The number of nitrogens with one attached hydrogen (secondary N) is 2. The third-order valence-corrected chi connectivity index (χ3v) is 6.36. The molecule has 0 aromatic heterocycles. The predicted octanol–water partition coefficient (Wildman–Crippen LogP) is 4.36. The van der Waals surface area contributed by atoms with Gasteiger partial charge < -0.3 is 14.8 Å². The summed E-state index contributed by atoms with van der Waals surface area (Å²) in [6.45, 7) is 3.78. The highest BCUT2D eigenvalue weighted by atomic mass is 32.2. The summed E-state index contributed by atoms with van der Waals surface area (Å²) in [5, 5.41) is 2.70. The van der Waals surface area contributed by atoms with Gasteiger partial charge in [-0.05, 0) is 68.4 Å². The third kappa shape index (κ3) is 5.43. The molecule has 0 unspecified atom stereocenters. The zero-order valence-electron chi connectivity index (χ0n) is 18.1. The molecule has 3 aromatic carbocycles. The maximum atomic E-state index is 13.0. The minimum Gasteiger partial charge on any atom is -0.483 e. The molecule has 4 rings (SSSR count). The van der Waals surface area contributed by atoms with Crippen LogP contribution < -0.4 is 19.5 Å². The Balaban J connectivity index is 1.34. The molecule has 3 aromatic rings. The monoisotopic (exact) mass is 470 g/mol. The van der Waals surface area contributed by atoms with Crippen LogP contribution in [0, 0.1) is 5.82 Å². The number of benzene rings is 3. The topological polar surface area (TPSA) is 93.7 Å². The first-order chi connectivity index (χ1) is 15.6. The number of carbonyl (C=O) groups is 1. The highest BCUT2D eigenvalue weighted by molar-refractivity contribution is 7.92. The van der Waals surface area contributed by atoms with Gasteiger partial charge in [0.2, 0.25) is 0 Å². The number of carbonyl (C=O) groups excluding carboxylic acids is 1. The average Bonchev–Trinajstić information content (AvgIpc) is 3.08. The molecule has 1 heterocycles. The summed E-state index contributed by atoms with van der Waals surface area (Å²) >= 11 is 0. The van der Waals surface area contributed by atoms with E-state index in [1.54, 1.807) is 18.2 Å². The second-order valence-corrected chi connectivity index (χ2v) is 9.94. The van der Waals surface area contributed by atoms with Crippen LogP contribution in [0.3, 0.4) is 0 Å². The maximum Gasteiger partial charge on any atom is 0.262 e. The van der Waals surface area contributed by atoms with E-state index in [1.807, 2.05) is 26.0 Å². The summed E-state index contributed by atoms with van der Waals surface area (Å²) in [5.74, 6) is 0.280. The molecule has 1 aliphatic heterocycles. The molecule has 0 aliphatic carbocycles. The van der Waals surface area contributed by atoms with Crippen LogP contribution in [0.2, 0.25) is 0 Å². The van der Waals surface area contributed by atoms with Gasteiger partial charge in [-0.2, -0.15) is 0 Å². The van der Waals surface area contributed by atoms with Crippen molar-refractivity contribution in [2.75, 3.05) is 16.6 Å². The molecule has 33 heavy (non-hydrogen) atoms. The number of ether oxygens (including phenoxy) is 2. The largest absolute Gasteiger partial charge is 0.483 e. The van der Waals surface area contributed by atoms with Crippen LogP contribution in [-0.4, -0.2) is 26.5 Å². The molecule has 0 fully saturated rings. The lowest BCUT2D eigenvalue weighted by Gasteiger charge is -2.18. The molecule has 0 saturated heterocycles. The maximum absolute atomic E-state index is 13.0. The van der Waals surface area contributed by atoms with Gasteiger partial charge in [0.1, 0.15) is 11.4 Å². The van der Waals surface area contributed by atoms with E-state index in [4.69, 9.17) is 9.47 Å². The van der Waals surface area contributed by atoms with Crippen molar-refractivity contribution in [3.8, 4) is 11.5 Å². The van der Waals surface area contributed by atoms with Gasteiger partial charge in [-0.3, -0.25) is 9.52 Å². The minimum absolute atomic E-state index is 0.0572. The number of hydrogen-bond donors (Lipinski definition) is 2. The Labute approximate surface area is 191 Å². The van der Waals surface area contributed by atoms with Gasteiger partial charge in [0, 0.05) is 23.4 Å². The number of anilines is 2. The predicted molar refractivity (Wildman–Crippen MR) is 123 cm³/mol. The Morgan fingerprint density at radius 3 is 2.39 bits per heavy atom. The number of amides is 1. The van der Waals surface area contributed by atoms with Gasteiger partial charge in [0.15, 0.2) is 18.1 Å². The fourth-order valence-electron chi connectivity index (χ4n) is 3.49. The second-order valence-electron chi connectivity index (χ2n) is 8.26. The van der Waals surface area contributed by atoms with Crippen LogP contribution in [0.25, 0.3) is 0 Å².